The summed E-state index contributed by atoms with van der Waals surface area (Å²) in [6.07, 6.45) is 0.334. The number of nitrogens with one attached hydrogen (secondary N) is 1. The van der Waals surface area contributed by atoms with Crippen molar-refractivity contribution >= 4 is 5.91 Å². The largest absolute Gasteiger partial charge is 0.504 e. The number of oxazole rings is 1. The Labute approximate surface area is 163 Å². The van der Waals surface area contributed by atoms with Crippen LogP contribution < -0.4 is 10.1 Å². The van der Waals surface area contributed by atoms with E-state index in [2.05, 4.69) is 15.4 Å². The number of aromatic nitrogens is 3. The van der Waals surface area contributed by atoms with Crippen LogP contribution in [0.15, 0.2) is 28.7 Å². The highest BCUT2D eigenvalue weighted by molar-refractivity contribution is 5.75. The van der Waals surface area contributed by atoms with Crippen LogP contribution in [0, 0.1) is 20.8 Å². The molecule has 0 saturated carbocycles. The second kappa shape index (κ2) is 8.16. The quantitative estimate of drug-likeness (QED) is 0.649. The molecule has 0 unspecified atom stereocenters. The number of rotatable bonds is 7. The smallest absolute Gasteiger partial charge is 0.226 e. The molecule has 0 atom stereocenters. The Morgan fingerprint density at radius 2 is 2.07 bits per heavy atom. The molecule has 0 aliphatic rings. The van der Waals surface area contributed by atoms with Crippen molar-refractivity contribution in [1.29, 1.82) is 0 Å². The van der Waals surface area contributed by atoms with Crippen LogP contribution in [0.4, 0.5) is 0 Å². The van der Waals surface area contributed by atoms with Crippen LogP contribution in [-0.4, -0.2) is 32.9 Å². The van der Waals surface area contributed by atoms with Gasteiger partial charge in [-0.15, -0.1) is 0 Å². The molecule has 8 heteroatoms. The van der Waals surface area contributed by atoms with Gasteiger partial charge in [0.1, 0.15) is 11.5 Å². The molecule has 2 aromatic heterocycles. The van der Waals surface area contributed by atoms with E-state index in [4.69, 9.17) is 9.15 Å². The average molecular weight is 384 g/mol. The van der Waals surface area contributed by atoms with Gasteiger partial charge in [-0.05, 0) is 45.0 Å². The summed E-state index contributed by atoms with van der Waals surface area (Å²) in [6, 6.07) is 6.85. The predicted octanol–water partition coefficient (Wildman–Crippen LogP) is 2.88. The highest BCUT2D eigenvalue weighted by Gasteiger charge is 2.14. The number of phenols is 1. The third kappa shape index (κ3) is 4.33. The second-order valence-electron chi connectivity index (χ2n) is 6.59. The summed E-state index contributed by atoms with van der Waals surface area (Å²) in [7, 11) is 1.48. The number of nitrogens with zero attached hydrogens (tertiary/aromatic N) is 3. The highest BCUT2D eigenvalue weighted by Crippen LogP contribution is 2.31. The lowest BCUT2D eigenvalue weighted by Gasteiger charge is -2.05. The lowest BCUT2D eigenvalue weighted by molar-refractivity contribution is -0.121. The summed E-state index contributed by atoms with van der Waals surface area (Å²) in [5.74, 6) is 1.34. The van der Waals surface area contributed by atoms with E-state index in [1.54, 1.807) is 19.1 Å². The first-order valence-corrected chi connectivity index (χ1v) is 8.99. The topological polar surface area (TPSA) is 102 Å². The first-order valence-electron chi connectivity index (χ1n) is 8.99. The van der Waals surface area contributed by atoms with Crippen molar-refractivity contribution in [3.05, 3.63) is 47.1 Å². The molecule has 3 aromatic rings. The Bertz CT molecular complexity index is 990. The fourth-order valence-electron chi connectivity index (χ4n) is 2.91. The van der Waals surface area contributed by atoms with Crippen molar-refractivity contribution in [2.45, 2.75) is 40.3 Å². The molecule has 148 valence electrons. The van der Waals surface area contributed by atoms with Gasteiger partial charge in [0.05, 0.1) is 19.3 Å². The lowest BCUT2D eigenvalue weighted by Crippen LogP contribution is -2.24. The number of carbonyl (C=O) groups is 1. The van der Waals surface area contributed by atoms with Crippen molar-refractivity contribution in [2.24, 2.45) is 0 Å². The Kier molecular flexibility index (Phi) is 5.67. The molecule has 3 rings (SSSR count). The van der Waals surface area contributed by atoms with Gasteiger partial charge in [-0.2, -0.15) is 5.10 Å². The zero-order valence-corrected chi connectivity index (χ0v) is 16.4. The maximum Gasteiger partial charge on any atom is 0.226 e. The third-order valence-corrected chi connectivity index (χ3v) is 4.43. The molecule has 0 aliphatic carbocycles. The van der Waals surface area contributed by atoms with E-state index in [-0.39, 0.29) is 18.2 Å². The summed E-state index contributed by atoms with van der Waals surface area (Å²) >= 11 is 0. The number of methoxy groups -OCH3 is 1. The van der Waals surface area contributed by atoms with Gasteiger partial charge in [0.2, 0.25) is 11.8 Å². The molecule has 1 aromatic carbocycles. The van der Waals surface area contributed by atoms with Crippen molar-refractivity contribution in [2.75, 3.05) is 7.11 Å². The number of hydrogen-bond donors (Lipinski definition) is 2. The lowest BCUT2D eigenvalue weighted by atomic mass is 10.2. The Balaban J connectivity index is 1.61. The van der Waals surface area contributed by atoms with Crippen LogP contribution in [0.3, 0.4) is 0 Å². The molecule has 1 amide bonds. The average Bonchev–Trinajstić information content (AvgIpc) is 3.19. The summed E-state index contributed by atoms with van der Waals surface area (Å²) in [5.41, 5.74) is 3.31. The fourth-order valence-corrected chi connectivity index (χ4v) is 2.91. The number of benzene rings is 1. The number of carbonyl (C=O) groups excluding carboxylic acids is 1. The minimum absolute atomic E-state index is 0.0460. The van der Waals surface area contributed by atoms with Gasteiger partial charge in [0, 0.05) is 24.2 Å². The van der Waals surface area contributed by atoms with E-state index >= 15 is 0 Å². The number of aryl methyl sites for hydroxylation is 4. The molecular weight excluding hydrogens is 360 g/mol. The van der Waals surface area contributed by atoms with Gasteiger partial charge in [-0.3, -0.25) is 9.48 Å². The first kappa shape index (κ1) is 19.5. The van der Waals surface area contributed by atoms with Gasteiger partial charge in [0.15, 0.2) is 11.5 Å². The van der Waals surface area contributed by atoms with Crippen LogP contribution in [0.5, 0.6) is 11.5 Å². The van der Waals surface area contributed by atoms with Crippen LogP contribution >= 0.6 is 0 Å². The van der Waals surface area contributed by atoms with E-state index in [1.807, 2.05) is 24.6 Å². The monoisotopic (exact) mass is 384 g/mol. The third-order valence-electron chi connectivity index (χ3n) is 4.43. The molecule has 0 aliphatic heterocycles. The van der Waals surface area contributed by atoms with Crippen LogP contribution in [0.25, 0.3) is 11.5 Å². The van der Waals surface area contributed by atoms with E-state index in [0.29, 0.717) is 41.6 Å². The maximum atomic E-state index is 12.2. The van der Waals surface area contributed by atoms with E-state index in [9.17, 15) is 9.90 Å². The molecule has 8 nitrogen and oxygen atoms in total. The van der Waals surface area contributed by atoms with Gasteiger partial charge < -0.3 is 19.6 Å². The standard InChI is InChI=1S/C20H24N4O4/c1-12-9-13(2)24(23-12)8-7-19(26)21-11-16-14(3)28-20(22-16)15-5-6-17(25)18(10-15)27-4/h5-6,9-10,25H,7-8,11H2,1-4H3,(H,21,26). The van der Waals surface area contributed by atoms with Crippen LogP contribution in [0.1, 0.15) is 29.3 Å². The first-order chi connectivity index (χ1) is 13.4. The number of amides is 1. The number of aromatic hydroxyl groups is 1. The predicted molar refractivity (Wildman–Crippen MR) is 103 cm³/mol. The molecule has 2 N–H and O–H groups in total. The van der Waals surface area contributed by atoms with E-state index < -0.39 is 0 Å². The molecular formula is C20H24N4O4. The van der Waals surface area contributed by atoms with Gasteiger partial charge in [-0.25, -0.2) is 4.98 Å². The molecule has 0 fully saturated rings. The van der Waals surface area contributed by atoms with Crippen LogP contribution in [-0.2, 0) is 17.9 Å². The number of hydrogen-bond acceptors (Lipinski definition) is 6. The van der Waals surface area contributed by atoms with E-state index in [1.165, 1.54) is 13.2 Å². The molecule has 2 heterocycles. The highest BCUT2D eigenvalue weighted by atomic mass is 16.5. The van der Waals surface area contributed by atoms with Gasteiger partial charge >= 0.3 is 0 Å². The zero-order valence-electron chi connectivity index (χ0n) is 16.4. The van der Waals surface area contributed by atoms with Gasteiger partial charge in [-0.1, -0.05) is 0 Å². The molecule has 0 radical (unpaired) electrons. The number of ether oxygens (including phenoxy) is 1. The minimum atomic E-state index is -0.0807. The Morgan fingerprint density at radius 3 is 2.75 bits per heavy atom. The van der Waals surface area contributed by atoms with Crippen molar-refractivity contribution in [3.8, 4) is 23.0 Å². The van der Waals surface area contributed by atoms with Crippen molar-refractivity contribution < 1.29 is 19.1 Å². The summed E-state index contributed by atoms with van der Waals surface area (Å²) in [4.78, 5) is 16.6. The summed E-state index contributed by atoms with van der Waals surface area (Å²) in [5, 5.41) is 16.9. The Hall–Kier alpha value is -3.29. The second-order valence-corrected chi connectivity index (χ2v) is 6.59. The summed E-state index contributed by atoms with van der Waals surface area (Å²) in [6.45, 7) is 6.50. The number of phenolic OH excluding ortho intramolecular Hbond substituents is 1. The molecule has 0 bridgehead atoms. The van der Waals surface area contributed by atoms with Crippen molar-refractivity contribution in [3.63, 3.8) is 0 Å². The Morgan fingerprint density at radius 1 is 1.29 bits per heavy atom. The SMILES string of the molecule is COc1cc(-c2nc(CNC(=O)CCn3nc(C)cc3C)c(C)o2)ccc1O. The molecule has 0 saturated heterocycles. The van der Waals surface area contributed by atoms with Crippen molar-refractivity contribution in [1.82, 2.24) is 20.1 Å². The summed E-state index contributed by atoms with van der Waals surface area (Å²) < 4.78 is 12.6. The molecule has 28 heavy (non-hydrogen) atoms. The normalized spacial score (nSPS) is 10.9. The van der Waals surface area contributed by atoms with Gasteiger partial charge in [0.25, 0.3) is 0 Å². The maximum absolute atomic E-state index is 12.2. The van der Waals surface area contributed by atoms with E-state index in [0.717, 1.165) is 11.4 Å². The minimum Gasteiger partial charge on any atom is -0.504 e. The zero-order chi connectivity index (χ0) is 20.3. The van der Waals surface area contributed by atoms with Crippen LogP contribution in [0.2, 0.25) is 0 Å². The fraction of sp³-hybridized carbons (Fsp3) is 0.350. The molecule has 0 spiro atoms.